The Morgan fingerprint density at radius 3 is 2.79 bits per heavy atom. The van der Waals surface area contributed by atoms with Crippen LogP contribution in [0, 0.1) is 11.8 Å². The number of ether oxygens (including phenoxy) is 1. The minimum atomic E-state index is 0.0509. The smallest absolute Gasteiger partial charge is 0.317 e. The predicted molar refractivity (Wildman–Crippen MR) is 105 cm³/mol. The molecule has 3 aliphatic heterocycles. The highest BCUT2D eigenvalue weighted by Crippen LogP contribution is 2.31. The number of urea groups is 1. The molecule has 1 unspecified atom stereocenters. The van der Waals surface area contributed by atoms with Crippen LogP contribution in [0.25, 0.3) is 0 Å². The summed E-state index contributed by atoms with van der Waals surface area (Å²) < 4.78 is 7.48. The van der Waals surface area contributed by atoms with E-state index in [2.05, 4.69) is 25.7 Å². The second-order valence-corrected chi connectivity index (χ2v) is 8.28. The summed E-state index contributed by atoms with van der Waals surface area (Å²) in [5.74, 6) is 2.35. The van der Waals surface area contributed by atoms with Crippen molar-refractivity contribution in [3.63, 3.8) is 0 Å². The standard InChI is InChI=1S/C19H33N7O2/c27-19-20-8-3-10-24(19)11-4-12-26-18(21-22-23-26)25-9-2-1-5-17(15-25)16-6-13-28-14-7-16/h16-17H,1-15H2,(H,20,27). The van der Waals surface area contributed by atoms with Gasteiger partial charge in [-0.1, -0.05) is 11.5 Å². The largest absolute Gasteiger partial charge is 0.381 e. The number of aromatic nitrogens is 4. The van der Waals surface area contributed by atoms with E-state index >= 15 is 0 Å². The lowest BCUT2D eigenvalue weighted by Gasteiger charge is -2.32. The number of nitrogens with one attached hydrogen (secondary N) is 1. The van der Waals surface area contributed by atoms with Gasteiger partial charge in [0.15, 0.2) is 0 Å². The number of amides is 2. The first-order chi connectivity index (χ1) is 13.8. The number of hydrogen-bond acceptors (Lipinski definition) is 6. The van der Waals surface area contributed by atoms with Gasteiger partial charge in [-0.25, -0.2) is 9.48 Å². The lowest BCUT2D eigenvalue weighted by Crippen LogP contribution is -2.46. The molecule has 0 bridgehead atoms. The van der Waals surface area contributed by atoms with E-state index in [1.807, 2.05) is 9.58 Å². The third-order valence-electron chi connectivity index (χ3n) is 6.40. The predicted octanol–water partition coefficient (Wildman–Crippen LogP) is 1.51. The number of tetrazole rings is 1. The highest BCUT2D eigenvalue weighted by Gasteiger charge is 2.29. The molecule has 0 saturated carbocycles. The average molecular weight is 392 g/mol. The molecule has 3 fully saturated rings. The zero-order chi connectivity index (χ0) is 19.2. The SMILES string of the molecule is O=C1NCCCN1CCCn1nnnc1N1CCCCC(C2CCOCC2)C1. The maximum Gasteiger partial charge on any atom is 0.317 e. The molecule has 1 atom stereocenters. The molecule has 0 aliphatic carbocycles. The monoisotopic (exact) mass is 391 g/mol. The van der Waals surface area contributed by atoms with Crippen molar-refractivity contribution < 1.29 is 9.53 Å². The molecule has 1 aromatic rings. The maximum absolute atomic E-state index is 11.9. The summed E-state index contributed by atoms with van der Waals surface area (Å²) in [6, 6.07) is 0.0509. The van der Waals surface area contributed by atoms with Gasteiger partial charge in [0.25, 0.3) is 0 Å². The van der Waals surface area contributed by atoms with Crippen molar-refractivity contribution >= 4 is 12.0 Å². The third-order valence-corrected chi connectivity index (χ3v) is 6.40. The highest BCUT2D eigenvalue weighted by molar-refractivity contribution is 5.74. The summed E-state index contributed by atoms with van der Waals surface area (Å²) in [7, 11) is 0. The first-order valence-corrected chi connectivity index (χ1v) is 10.9. The number of anilines is 1. The zero-order valence-electron chi connectivity index (χ0n) is 16.8. The molecule has 1 N–H and O–H groups in total. The molecule has 28 heavy (non-hydrogen) atoms. The Balaban J connectivity index is 1.34. The van der Waals surface area contributed by atoms with Crippen molar-refractivity contribution in [3.8, 4) is 0 Å². The molecule has 4 heterocycles. The third kappa shape index (κ3) is 4.74. The normalized spacial score (nSPS) is 24.9. The molecule has 156 valence electrons. The van der Waals surface area contributed by atoms with E-state index in [9.17, 15) is 4.79 Å². The first kappa shape index (κ1) is 19.4. The van der Waals surface area contributed by atoms with E-state index in [4.69, 9.17) is 4.74 Å². The number of hydrogen-bond donors (Lipinski definition) is 1. The van der Waals surface area contributed by atoms with Crippen LogP contribution in [0.3, 0.4) is 0 Å². The summed E-state index contributed by atoms with van der Waals surface area (Å²) in [6.45, 7) is 6.99. The summed E-state index contributed by atoms with van der Waals surface area (Å²) in [5, 5.41) is 15.4. The van der Waals surface area contributed by atoms with Crippen LogP contribution in [-0.2, 0) is 11.3 Å². The van der Waals surface area contributed by atoms with Gasteiger partial charge in [-0.05, 0) is 60.8 Å². The van der Waals surface area contributed by atoms with Crippen LogP contribution in [0.5, 0.6) is 0 Å². The first-order valence-electron chi connectivity index (χ1n) is 10.9. The Kier molecular flexibility index (Phi) is 6.61. The zero-order valence-corrected chi connectivity index (χ0v) is 16.8. The van der Waals surface area contributed by atoms with E-state index in [1.54, 1.807) is 0 Å². The Hall–Kier alpha value is -1.90. The molecule has 2 amide bonds. The number of aryl methyl sites for hydroxylation is 1. The second kappa shape index (κ2) is 9.54. The van der Waals surface area contributed by atoms with E-state index in [0.29, 0.717) is 5.92 Å². The van der Waals surface area contributed by atoms with Crippen molar-refractivity contribution in [3.05, 3.63) is 0 Å². The second-order valence-electron chi connectivity index (χ2n) is 8.28. The lowest BCUT2D eigenvalue weighted by atomic mass is 9.83. The van der Waals surface area contributed by atoms with Crippen LogP contribution in [0.15, 0.2) is 0 Å². The molecule has 4 rings (SSSR count). The van der Waals surface area contributed by atoms with Gasteiger partial charge in [0, 0.05) is 52.5 Å². The minimum absolute atomic E-state index is 0.0509. The van der Waals surface area contributed by atoms with Gasteiger partial charge < -0.3 is 19.9 Å². The van der Waals surface area contributed by atoms with Crippen LogP contribution in [0.4, 0.5) is 10.7 Å². The van der Waals surface area contributed by atoms with Crippen LogP contribution in [0.1, 0.15) is 44.9 Å². The lowest BCUT2D eigenvalue weighted by molar-refractivity contribution is 0.0465. The average Bonchev–Trinajstić information content (AvgIpc) is 3.05. The molecule has 9 heteroatoms. The number of carbonyl (C=O) groups is 1. The fourth-order valence-electron chi connectivity index (χ4n) is 4.80. The summed E-state index contributed by atoms with van der Waals surface area (Å²) in [5.41, 5.74) is 0. The number of nitrogens with zero attached hydrogens (tertiary/aromatic N) is 6. The minimum Gasteiger partial charge on any atom is -0.381 e. The molecular formula is C19H33N7O2. The van der Waals surface area contributed by atoms with Gasteiger partial charge in [0.1, 0.15) is 0 Å². The van der Waals surface area contributed by atoms with Crippen molar-refractivity contribution in [1.29, 1.82) is 0 Å². The molecule has 9 nitrogen and oxygen atoms in total. The van der Waals surface area contributed by atoms with Crippen molar-refractivity contribution in [2.45, 2.75) is 51.5 Å². The van der Waals surface area contributed by atoms with Gasteiger partial charge >= 0.3 is 6.03 Å². The Labute approximate surface area is 166 Å². The van der Waals surface area contributed by atoms with Gasteiger partial charge in [-0.15, -0.1) is 0 Å². The van der Waals surface area contributed by atoms with Crippen LogP contribution in [0.2, 0.25) is 0 Å². The van der Waals surface area contributed by atoms with Crippen molar-refractivity contribution in [2.24, 2.45) is 11.8 Å². The summed E-state index contributed by atoms with van der Waals surface area (Å²) in [4.78, 5) is 16.2. The van der Waals surface area contributed by atoms with E-state index in [-0.39, 0.29) is 6.03 Å². The number of carbonyl (C=O) groups excluding carboxylic acids is 1. The quantitative estimate of drug-likeness (QED) is 0.791. The van der Waals surface area contributed by atoms with Crippen LogP contribution in [-0.4, -0.2) is 77.1 Å². The van der Waals surface area contributed by atoms with Gasteiger partial charge in [-0.2, -0.15) is 0 Å². The molecular weight excluding hydrogens is 358 g/mol. The van der Waals surface area contributed by atoms with Crippen molar-refractivity contribution in [2.75, 3.05) is 50.8 Å². The molecule has 3 saturated heterocycles. The van der Waals surface area contributed by atoms with E-state index in [0.717, 1.165) is 77.2 Å². The van der Waals surface area contributed by atoms with Gasteiger partial charge in [-0.3, -0.25) is 0 Å². The Morgan fingerprint density at radius 1 is 1.04 bits per heavy atom. The molecule has 0 aromatic carbocycles. The fraction of sp³-hybridized carbons (Fsp3) is 0.895. The summed E-state index contributed by atoms with van der Waals surface area (Å²) >= 11 is 0. The summed E-state index contributed by atoms with van der Waals surface area (Å²) in [6.07, 6.45) is 8.02. The Morgan fingerprint density at radius 2 is 1.93 bits per heavy atom. The topological polar surface area (TPSA) is 88.4 Å². The van der Waals surface area contributed by atoms with E-state index < -0.39 is 0 Å². The molecule has 0 spiro atoms. The van der Waals surface area contributed by atoms with Crippen LogP contribution >= 0.6 is 0 Å². The van der Waals surface area contributed by atoms with Crippen LogP contribution < -0.4 is 10.2 Å². The Bertz CT molecular complexity index is 632. The van der Waals surface area contributed by atoms with Gasteiger partial charge in [0.05, 0.1) is 0 Å². The highest BCUT2D eigenvalue weighted by atomic mass is 16.5. The molecule has 0 radical (unpaired) electrons. The maximum atomic E-state index is 11.9. The fourth-order valence-corrected chi connectivity index (χ4v) is 4.80. The van der Waals surface area contributed by atoms with Gasteiger partial charge in [0.2, 0.25) is 5.95 Å². The number of rotatable bonds is 6. The van der Waals surface area contributed by atoms with Crippen molar-refractivity contribution in [1.82, 2.24) is 30.4 Å². The molecule has 1 aromatic heterocycles. The molecule has 3 aliphatic rings. The van der Waals surface area contributed by atoms with E-state index in [1.165, 1.54) is 32.1 Å².